The average Bonchev–Trinajstić information content (AvgIpc) is 3.12. The fraction of sp³-hybridized carbons (Fsp3) is 0.217. The third-order valence-corrected chi connectivity index (χ3v) is 5.79. The molecule has 4 rings (SSSR count). The van der Waals surface area contributed by atoms with Crippen LogP contribution in [0.3, 0.4) is 0 Å². The van der Waals surface area contributed by atoms with Crippen molar-refractivity contribution in [2.75, 3.05) is 5.75 Å². The summed E-state index contributed by atoms with van der Waals surface area (Å²) in [5.74, 6) is 0.772. The maximum atomic E-state index is 12.2. The van der Waals surface area contributed by atoms with Gasteiger partial charge in [-0.2, -0.15) is 0 Å². The molecule has 2 aromatic heterocycles. The number of aryl methyl sites for hydroxylation is 1. The molecule has 0 aliphatic carbocycles. The number of imidazole rings is 1. The summed E-state index contributed by atoms with van der Waals surface area (Å²) in [6.45, 7) is 4.18. The fourth-order valence-corrected chi connectivity index (χ4v) is 4.25. The summed E-state index contributed by atoms with van der Waals surface area (Å²) >= 11 is 1.65. The van der Waals surface area contributed by atoms with Gasteiger partial charge in [0.2, 0.25) is 0 Å². The van der Waals surface area contributed by atoms with Crippen molar-refractivity contribution >= 4 is 28.8 Å². The Morgan fingerprint density at radius 3 is 2.43 bits per heavy atom. The first-order valence-electron chi connectivity index (χ1n) is 9.94. The lowest BCUT2D eigenvalue weighted by Gasteiger charge is -2.09. The Bertz CT molecular complexity index is 1190. The van der Waals surface area contributed by atoms with Crippen molar-refractivity contribution in [2.45, 2.75) is 31.8 Å². The SMILES string of the molecule is CCCCSc1nc2c(C(N)=O)nc(-c3ccc(C)cc3)nc2n1-c1ccccc1. The highest BCUT2D eigenvalue weighted by Crippen LogP contribution is 2.30. The van der Waals surface area contributed by atoms with E-state index in [0.717, 1.165) is 40.6 Å². The van der Waals surface area contributed by atoms with E-state index in [2.05, 4.69) is 11.9 Å². The average molecular weight is 418 g/mol. The molecule has 2 heterocycles. The number of fused-ring (bicyclic) bond motifs is 1. The second kappa shape index (κ2) is 8.67. The van der Waals surface area contributed by atoms with Gasteiger partial charge < -0.3 is 5.73 Å². The molecule has 0 saturated heterocycles. The monoisotopic (exact) mass is 417 g/mol. The number of hydrogen-bond donors (Lipinski definition) is 1. The molecule has 30 heavy (non-hydrogen) atoms. The molecule has 0 fully saturated rings. The van der Waals surface area contributed by atoms with E-state index in [1.807, 2.05) is 66.1 Å². The molecule has 7 heteroatoms. The quantitative estimate of drug-likeness (QED) is 0.345. The molecule has 4 aromatic rings. The highest BCUT2D eigenvalue weighted by molar-refractivity contribution is 7.99. The molecule has 0 spiro atoms. The first-order valence-corrected chi connectivity index (χ1v) is 10.9. The lowest BCUT2D eigenvalue weighted by atomic mass is 10.1. The first kappa shape index (κ1) is 20.1. The van der Waals surface area contributed by atoms with Gasteiger partial charge in [0.25, 0.3) is 5.91 Å². The van der Waals surface area contributed by atoms with E-state index in [0.29, 0.717) is 17.0 Å². The van der Waals surface area contributed by atoms with Gasteiger partial charge in [-0.3, -0.25) is 9.36 Å². The van der Waals surface area contributed by atoms with Gasteiger partial charge in [-0.1, -0.05) is 73.1 Å². The van der Waals surface area contributed by atoms with Crippen LogP contribution in [0.25, 0.3) is 28.2 Å². The van der Waals surface area contributed by atoms with E-state index in [9.17, 15) is 4.79 Å². The van der Waals surface area contributed by atoms with Gasteiger partial charge in [0, 0.05) is 17.0 Å². The molecular formula is C23H23N5OS. The first-order chi connectivity index (χ1) is 14.6. The lowest BCUT2D eigenvalue weighted by Crippen LogP contribution is -2.15. The second-order valence-electron chi connectivity index (χ2n) is 7.07. The highest BCUT2D eigenvalue weighted by atomic mass is 32.2. The normalized spacial score (nSPS) is 11.1. The molecule has 0 saturated carbocycles. The summed E-state index contributed by atoms with van der Waals surface area (Å²) in [4.78, 5) is 26.3. The minimum absolute atomic E-state index is 0.141. The molecule has 0 unspecified atom stereocenters. The van der Waals surface area contributed by atoms with Crippen molar-refractivity contribution in [3.63, 3.8) is 0 Å². The zero-order chi connectivity index (χ0) is 21.1. The van der Waals surface area contributed by atoms with Crippen LogP contribution in [0, 0.1) is 6.92 Å². The Labute approximate surface area is 179 Å². The van der Waals surface area contributed by atoms with Gasteiger partial charge in [0.05, 0.1) is 0 Å². The number of para-hydroxylation sites is 1. The topological polar surface area (TPSA) is 86.7 Å². The number of rotatable bonds is 7. The molecular weight excluding hydrogens is 394 g/mol. The number of benzene rings is 2. The Kier molecular flexibility index (Phi) is 5.81. The molecule has 2 aromatic carbocycles. The molecule has 0 bridgehead atoms. The van der Waals surface area contributed by atoms with Crippen molar-refractivity contribution in [1.82, 2.24) is 19.5 Å². The van der Waals surface area contributed by atoms with E-state index in [1.165, 1.54) is 0 Å². The summed E-state index contributed by atoms with van der Waals surface area (Å²) in [5, 5.41) is 0.780. The van der Waals surface area contributed by atoms with Crippen molar-refractivity contribution in [3.05, 3.63) is 65.9 Å². The summed E-state index contributed by atoms with van der Waals surface area (Å²) in [6.07, 6.45) is 2.17. The standard InChI is InChI=1S/C23H23N5OS/c1-3-4-14-30-23-26-19-18(20(24)29)25-21(16-12-10-15(2)11-13-16)27-22(19)28(23)17-8-6-5-7-9-17/h5-13H,3-4,14H2,1-2H3,(H2,24,29). The van der Waals surface area contributed by atoms with Crippen LogP contribution in [-0.2, 0) is 0 Å². The van der Waals surface area contributed by atoms with Crippen LogP contribution in [0.4, 0.5) is 0 Å². The number of carbonyl (C=O) groups is 1. The fourth-order valence-electron chi connectivity index (χ4n) is 3.16. The lowest BCUT2D eigenvalue weighted by molar-refractivity contribution is 0.0997. The van der Waals surface area contributed by atoms with E-state index in [-0.39, 0.29) is 5.69 Å². The number of amides is 1. The second-order valence-corrected chi connectivity index (χ2v) is 8.13. The predicted molar refractivity (Wildman–Crippen MR) is 121 cm³/mol. The van der Waals surface area contributed by atoms with Gasteiger partial charge in [0.15, 0.2) is 22.3 Å². The molecule has 0 aliphatic heterocycles. The molecule has 2 N–H and O–H groups in total. The van der Waals surface area contributed by atoms with Crippen molar-refractivity contribution < 1.29 is 4.79 Å². The predicted octanol–water partition coefficient (Wildman–Crippen LogP) is 4.78. The van der Waals surface area contributed by atoms with Gasteiger partial charge in [-0.05, 0) is 25.5 Å². The van der Waals surface area contributed by atoms with Gasteiger partial charge >= 0.3 is 0 Å². The van der Waals surface area contributed by atoms with E-state index < -0.39 is 5.91 Å². The number of aromatic nitrogens is 4. The van der Waals surface area contributed by atoms with Crippen LogP contribution in [-0.4, -0.2) is 31.2 Å². The summed E-state index contributed by atoms with van der Waals surface area (Å²) in [7, 11) is 0. The Hall–Kier alpha value is -3.19. The minimum Gasteiger partial charge on any atom is -0.364 e. The van der Waals surface area contributed by atoms with Crippen LogP contribution in [0.1, 0.15) is 35.8 Å². The summed E-state index contributed by atoms with van der Waals surface area (Å²) < 4.78 is 1.99. The Balaban J connectivity index is 1.98. The van der Waals surface area contributed by atoms with Gasteiger partial charge in [-0.25, -0.2) is 15.0 Å². The smallest absolute Gasteiger partial charge is 0.269 e. The van der Waals surface area contributed by atoms with Crippen molar-refractivity contribution in [3.8, 4) is 17.1 Å². The maximum absolute atomic E-state index is 12.2. The largest absolute Gasteiger partial charge is 0.364 e. The number of nitrogens with zero attached hydrogens (tertiary/aromatic N) is 4. The van der Waals surface area contributed by atoms with Crippen LogP contribution >= 0.6 is 11.8 Å². The molecule has 1 amide bonds. The van der Waals surface area contributed by atoms with E-state index in [1.54, 1.807) is 11.8 Å². The number of carbonyl (C=O) groups excluding carboxylic acids is 1. The third-order valence-electron chi connectivity index (χ3n) is 4.76. The zero-order valence-electron chi connectivity index (χ0n) is 17.0. The Morgan fingerprint density at radius 1 is 1.03 bits per heavy atom. The van der Waals surface area contributed by atoms with Crippen LogP contribution in [0.5, 0.6) is 0 Å². The van der Waals surface area contributed by atoms with E-state index >= 15 is 0 Å². The molecule has 0 aliphatic rings. The number of hydrogen-bond acceptors (Lipinski definition) is 5. The molecule has 152 valence electrons. The highest BCUT2D eigenvalue weighted by Gasteiger charge is 2.22. The van der Waals surface area contributed by atoms with Gasteiger partial charge in [-0.15, -0.1) is 0 Å². The number of nitrogens with two attached hydrogens (primary N) is 1. The number of unbranched alkanes of at least 4 members (excludes halogenated alkanes) is 1. The number of thioether (sulfide) groups is 1. The molecule has 0 radical (unpaired) electrons. The molecule has 6 nitrogen and oxygen atoms in total. The Morgan fingerprint density at radius 2 is 1.77 bits per heavy atom. The maximum Gasteiger partial charge on any atom is 0.269 e. The summed E-state index contributed by atoms with van der Waals surface area (Å²) in [5.41, 5.74) is 9.74. The van der Waals surface area contributed by atoms with E-state index in [4.69, 9.17) is 15.7 Å². The third kappa shape index (κ3) is 3.93. The minimum atomic E-state index is -0.612. The van der Waals surface area contributed by atoms with Crippen LogP contribution in [0.15, 0.2) is 59.8 Å². The molecule has 0 atom stereocenters. The van der Waals surface area contributed by atoms with Crippen LogP contribution < -0.4 is 5.73 Å². The van der Waals surface area contributed by atoms with Crippen LogP contribution in [0.2, 0.25) is 0 Å². The zero-order valence-corrected chi connectivity index (χ0v) is 17.8. The van der Waals surface area contributed by atoms with Crippen molar-refractivity contribution in [1.29, 1.82) is 0 Å². The summed E-state index contributed by atoms with van der Waals surface area (Å²) in [6, 6.07) is 17.8. The van der Waals surface area contributed by atoms with Gasteiger partial charge in [0.1, 0.15) is 5.52 Å². The van der Waals surface area contributed by atoms with Crippen molar-refractivity contribution in [2.24, 2.45) is 5.73 Å². The number of primary amides is 1.